The zero-order valence-corrected chi connectivity index (χ0v) is 11.1. The average Bonchev–Trinajstić information content (AvgIpc) is 2.53. The predicted octanol–water partition coefficient (Wildman–Crippen LogP) is 2.93. The van der Waals surface area contributed by atoms with Crippen LogP contribution in [0.1, 0.15) is 29.9 Å². The SMILES string of the molecule is CO[C@]12C=C[C@H](CC1)c1c2c(O)c2ncccc2c1O. The third-order valence-electron chi connectivity index (χ3n) is 4.63. The maximum absolute atomic E-state index is 10.7. The highest BCUT2D eigenvalue weighted by atomic mass is 16.5. The first-order valence-corrected chi connectivity index (χ1v) is 6.75. The zero-order valence-electron chi connectivity index (χ0n) is 11.1. The molecule has 0 spiro atoms. The predicted molar refractivity (Wildman–Crippen MR) is 74.9 cm³/mol. The summed E-state index contributed by atoms with van der Waals surface area (Å²) < 4.78 is 5.69. The van der Waals surface area contributed by atoms with Gasteiger partial charge in [-0.25, -0.2) is 0 Å². The van der Waals surface area contributed by atoms with E-state index < -0.39 is 5.60 Å². The molecule has 3 aliphatic rings. The lowest BCUT2D eigenvalue weighted by Crippen LogP contribution is -2.36. The number of methoxy groups -OCH3 is 1. The molecule has 5 rings (SSSR count). The van der Waals surface area contributed by atoms with Gasteiger partial charge in [-0.05, 0) is 25.0 Å². The van der Waals surface area contributed by atoms with Gasteiger partial charge in [0, 0.05) is 35.7 Å². The first-order chi connectivity index (χ1) is 9.68. The fourth-order valence-corrected chi connectivity index (χ4v) is 3.63. The number of phenolic OH excluding ortho intramolecular Hbond substituents is 2. The van der Waals surface area contributed by atoms with Crippen molar-refractivity contribution < 1.29 is 14.9 Å². The average molecular weight is 269 g/mol. The van der Waals surface area contributed by atoms with Gasteiger partial charge in [0.1, 0.15) is 22.6 Å². The Morgan fingerprint density at radius 3 is 2.90 bits per heavy atom. The van der Waals surface area contributed by atoms with Gasteiger partial charge in [-0.15, -0.1) is 0 Å². The smallest absolute Gasteiger partial charge is 0.148 e. The van der Waals surface area contributed by atoms with Gasteiger partial charge in [0.05, 0.1) is 0 Å². The van der Waals surface area contributed by atoms with Crippen molar-refractivity contribution in [2.75, 3.05) is 7.11 Å². The van der Waals surface area contributed by atoms with Gasteiger partial charge in [0.25, 0.3) is 0 Å². The van der Waals surface area contributed by atoms with Gasteiger partial charge in [-0.1, -0.05) is 12.2 Å². The van der Waals surface area contributed by atoms with Crippen molar-refractivity contribution in [3.05, 3.63) is 41.6 Å². The lowest BCUT2D eigenvalue weighted by Gasteiger charge is -2.43. The van der Waals surface area contributed by atoms with Crippen LogP contribution in [0.4, 0.5) is 0 Å². The molecule has 1 aromatic heterocycles. The summed E-state index contributed by atoms with van der Waals surface area (Å²) in [5.41, 5.74) is 1.26. The number of ether oxygens (including phenoxy) is 1. The van der Waals surface area contributed by atoms with Crippen LogP contribution in [0.5, 0.6) is 11.5 Å². The number of aromatic nitrogens is 1. The van der Waals surface area contributed by atoms with Gasteiger partial charge in [0.15, 0.2) is 0 Å². The molecule has 2 aromatic rings. The molecule has 2 bridgehead atoms. The number of fused-ring (bicyclic) bond motifs is 2. The summed E-state index contributed by atoms with van der Waals surface area (Å²) in [5, 5.41) is 21.9. The molecule has 3 aliphatic carbocycles. The van der Waals surface area contributed by atoms with E-state index in [1.165, 1.54) is 0 Å². The van der Waals surface area contributed by atoms with E-state index in [0.29, 0.717) is 16.5 Å². The molecule has 4 nitrogen and oxygen atoms in total. The highest BCUT2D eigenvalue weighted by Gasteiger charge is 2.45. The van der Waals surface area contributed by atoms with E-state index in [4.69, 9.17) is 4.74 Å². The second-order valence-electron chi connectivity index (χ2n) is 5.48. The van der Waals surface area contributed by atoms with E-state index in [1.807, 2.05) is 6.08 Å². The molecule has 1 heterocycles. The van der Waals surface area contributed by atoms with Crippen LogP contribution in [0.2, 0.25) is 0 Å². The topological polar surface area (TPSA) is 62.6 Å². The van der Waals surface area contributed by atoms with Crippen LogP contribution in [0.25, 0.3) is 10.9 Å². The minimum atomic E-state index is -0.642. The molecule has 0 fully saturated rings. The summed E-state index contributed by atoms with van der Waals surface area (Å²) in [5.74, 6) is 0.484. The second kappa shape index (κ2) is 3.73. The van der Waals surface area contributed by atoms with Crippen molar-refractivity contribution in [3.8, 4) is 11.5 Å². The van der Waals surface area contributed by atoms with Gasteiger partial charge in [0.2, 0.25) is 0 Å². The fraction of sp³-hybridized carbons (Fsp3) is 0.312. The first kappa shape index (κ1) is 11.7. The van der Waals surface area contributed by atoms with Crippen LogP contribution in [-0.4, -0.2) is 22.3 Å². The molecule has 0 saturated carbocycles. The lowest BCUT2D eigenvalue weighted by atomic mass is 9.67. The maximum atomic E-state index is 10.7. The van der Waals surface area contributed by atoms with Crippen molar-refractivity contribution in [2.24, 2.45) is 0 Å². The van der Waals surface area contributed by atoms with Crippen LogP contribution in [0.3, 0.4) is 0 Å². The number of allylic oxidation sites excluding steroid dienone is 1. The summed E-state index contributed by atoms with van der Waals surface area (Å²) in [4.78, 5) is 4.21. The summed E-state index contributed by atoms with van der Waals surface area (Å²) in [7, 11) is 1.64. The molecule has 2 N–H and O–H groups in total. The highest BCUT2D eigenvalue weighted by molar-refractivity contribution is 5.93. The largest absolute Gasteiger partial charge is 0.507 e. The maximum Gasteiger partial charge on any atom is 0.148 e. The van der Waals surface area contributed by atoms with Gasteiger partial charge in [-0.2, -0.15) is 0 Å². The Labute approximate surface area is 116 Å². The van der Waals surface area contributed by atoms with Crippen molar-refractivity contribution in [2.45, 2.75) is 24.4 Å². The molecule has 0 radical (unpaired) electrons. The lowest BCUT2D eigenvalue weighted by molar-refractivity contribution is 0.00450. The summed E-state index contributed by atoms with van der Waals surface area (Å²) in [6.07, 6.45) is 7.40. The number of pyridine rings is 1. The van der Waals surface area contributed by atoms with Crippen molar-refractivity contribution in [1.29, 1.82) is 0 Å². The van der Waals surface area contributed by atoms with Crippen LogP contribution in [0.15, 0.2) is 30.5 Å². The Kier molecular flexibility index (Phi) is 2.19. The summed E-state index contributed by atoms with van der Waals surface area (Å²) in [6.45, 7) is 0. The van der Waals surface area contributed by atoms with E-state index in [2.05, 4.69) is 11.1 Å². The zero-order chi connectivity index (χ0) is 13.9. The molecule has 1 aromatic carbocycles. The number of hydrogen-bond acceptors (Lipinski definition) is 4. The van der Waals surface area contributed by atoms with Crippen LogP contribution < -0.4 is 0 Å². The van der Waals surface area contributed by atoms with E-state index in [9.17, 15) is 10.2 Å². The molecule has 0 amide bonds. The van der Waals surface area contributed by atoms with Gasteiger partial charge < -0.3 is 14.9 Å². The monoisotopic (exact) mass is 269 g/mol. The molecule has 0 unspecified atom stereocenters. The fourth-order valence-electron chi connectivity index (χ4n) is 3.63. The van der Waals surface area contributed by atoms with Crippen LogP contribution in [0, 0.1) is 0 Å². The number of rotatable bonds is 1. The van der Waals surface area contributed by atoms with Crippen LogP contribution >= 0.6 is 0 Å². The number of aromatic hydroxyl groups is 2. The standard InChI is InChI=1S/C16H15NO3/c1-20-16-6-4-9(5-7-16)11-12(16)15(19)13-10(14(11)18)3-2-8-17-13/h2-4,6,8-9,18-19H,5,7H2,1H3/t9-,16-/m1/s1. The normalized spacial score (nSPS) is 26.9. The molecule has 102 valence electrons. The van der Waals surface area contributed by atoms with Crippen molar-refractivity contribution >= 4 is 10.9 Å². The third-order valence-corrected chi connectivity index (χ3v) is 4.63. The van der Waals surface area contributed by atoms with E-state index >= 15 is 0 Å². The molecule has 0 saturated heterocycles. The Morgan fingerprint density at radius 2 is 2.20 bits per heavy atom. The minimum absolute atomic E-state index is 0.129. The van der Waals surface area contributed by atoms with E-state index in [1.54, 1.807) is 25.4 Å². The molecule has 0 aliphatic heterocycles. The minimum Gasteiger partial charge on any atom is -0.507 e. The quantitative estimate of drug-likeness (QED) is 0.617. The second-order valence-corrected chi connectivity index (χ2v) is 5.48. The Hall–Kier alpha value is -2.07. The highest BCUT2D eigenvalue weighted by Crippen LogP contribution is 2.57. The molecule has 20 heavy (non-hydrogen) atoms. The van der Waals surface area contributed by atoms with E-state index in [0.717, 1.165) is 18.4 Å². The molecule has 2 atom stereocenters. The number of benzene rings is 1. The van der Waals surface area contributed by atoms with E-state index in [-0.39, 0.29) is 17.4 Å². The van der Waals surface area contributed by atoms with Crippen molar-refractivity contribution in [3.63, 3.8) is 0 Å². The molecular weight excluding hydrogens is 254 g/mol. The first-order valence-electron chi connectivity index (χ1n) is 6.75. The molecular formula is C16H15NO3. The summed E-state index contributed by atoms with van der Waals surface area (Å²) >= 11 is 0. The Balaban J connectivity index is 2.18. The number of nitrogens with zero attached hydrogens (tertiary/aromatic N) is 1. The van der Waals surface area contributed by atoms with Gasteiger partial charge >= 0.3 is 0 Å². The number of phenols is 2. The van der Waals surface area contributed by atoms with Crippen LogP contribution in [-0.2, 0) is 10.3 Å². The van der Waals surface area contributed by atoms with Gasteiger partial charge in [-0.3, -0.25) is 4.98 Å². The number of hydrogen-bond donors (Lipinski definition) is 2. The Morgan fingerprint density at radius 1 is 1.35 bits per heavy atom. The third kappa shape index (κ3) is 1.22. The molecule has 4 heteroatoms. The summed E-state index contributed by atoms with van der Waals surface area (Å²) in [6, 6.07) is 3.54. The van der Waals surface area contributed by atoms with Crippen molar-refractivity contribution in [1.82, 2.24) is 4.98 Å². The Bertz CT molecular complexity index is 753.